The van der Waals surface area contributed by atoms with Crippen molar-refractivity contribution in [3.8, 4) is 11.3 Å². The summed E-state index contributed by atoms with van der Waals surface area (Å²) in [5, 5.41) is 16.5. The number of benzene rings is 1. The number of nitrogens with one attached hydrogen (secondary N) is 2. The SMILES string of the molecule is CC(C)C(N)=NC(=N)/C=C\C(=N)c1c(-c2ccc(F)cc2F)nc2c3c(ccn12)[CH]3. The van der Waals surface area contributed by atoms with Crippen molar-refractivity contribution in [1.29, 1.82) is 10.8 Å². The van der Waals surface area contributed by atoms with Crippen molar-refractivity contribution >= 4 is 23.0 Å². The number of hydrogen-bond acceptors (Lipinski definition) is 3. The van der Waals surface area contributed by atoms with Crippen molar-refractivity contribution in [2.75, 3.05) is 0 Å². The third kappa shape index (κ3) is 3.52. The number of nitrogens with two attached hydrogens (primary N) is 1. The summed E-state index contributed by atoms with van der Waals surface area (Å²) in [5.74, 6) is -1.24. The van der Waals surface area contributed by atoms with Crippen LogP contribution >= 0.6 is 0 Å². The van der Waals surface area contributed by atoms with Crippen LogP contribution in [0.5, 0.6) is 0 Å². The number of pyridine rings is 1. The van der Waals surface area contributed by atoms with E-state index in [1.807, 2.05) is 26.3 Å². The van der Waals surface area contributed by atoms with Gasteiger partial charge in [0.1, 0.15) is 34.6 Å². The summed E-state index contributed by atoms with van der Waals surface area (Å²) in [4.78, 5) is 8.52. The van der Waals surface area contributed by atoms with Crippen molar-refractivity contribution in [2.45, 2.75) is 13.8 Å². The second-order valence-electron chi connectivity index (χ2n) is 7.28. The maximum absolute atomic E-state index is 14.5. The van der Waals surface area contributed by atoms with Crippen molar-refractivity contribution in [3.63, 3.8) is 0 Å². The summed E-state index contributed by atoms with van der Waals surface area (Å²) in [6, 6.07) is 5.14. The molecule has 6 nitrogen and oxygen atoms in total. The van der Waals surface area contributed by atoms with Gasteiger partial charge in [-0.25, -0.2) is 18.8 Å². The predicted octanol–water partition coefficient (Wildman–Crippen LogP) is 4.11. The second kappa shape index (κ2) is 7.29. The fourth-order valence-electron chi connectivity index (χ4n) is 3.05. The van der Waals surface area contributed by atoms with E-state index in [0.29, 0.717) is 17.2 Å². The van der Waals surface area contributed by atoms with Gasteiger partial charge < -0.3 is 5.73 Å². The number of allylic oxidation sites excluding steroid dienone is 1. The molecule has 0 atom stereocenters. The lowest BCUT2D eigenvalue weighted by Gasteiger charge is -2.06. The summed E-state index contributed by atoms with van der Waals surface area (Å²) in [7, 11) is 0. The van der Waals surface area contributed by atoms with Gasteiger partial charge in [0, 0.05) is 35.7 Å². The van der Waals surface area contributed by atoms with Crippen LogP contribution in [0.3, 0.4) is 0 Å². The molecule has 2 heterocycles. The van der Waals surface area contributed by atoms with Gasteiger partial charge in [-0.15, -0.1) is 0 Å². The van der Waals surface area contributed by atoms with E-state index in [4.69, 9.17) is 16.6 Å². The van der Waals surface area contributed by atoms with Crippen molar-refractivity contribution < 1.29 is 8.78 Å². The first kappa shape index (κ1) is 19.6. The van der Waals surface area contributed by atoms with Crippen LogP contribution in [0.25, 0.3) is 16.9 Å². The van der Waals surface area contributed by atoms with Gasteiger partial charge in [-0.2, -0.15) is 0 Å². The molecule has 0 bridgehead atoms. The topological polar surface area (TPSA) is 103 Å². The molecule has 4 rings (SSSR count). The van der Waals surface area contributed by atoms with Crippen molar-refractivity contribution in [2.24, 2.45) is 16.6 Å². The normalized spacial score (nSPS) is 13.3. The molecule has 1 aromatic carbocycles. The minimum Gasteiger partial charge on any atom is -0.387 e. The van der Waals surface area contributed by atoms with Crippen LogP contribution < -0.4 is 5.73 Å². The molecule has 0 amide bonds. The van der Waals surface area contributed by atoms with Gasteiger partial charge in [0.25, 0.3) is 0 Å². The number of aromatic nitrogens is 2. The Morgan fingerprint density at radius 2 is 1.97 bits per heavy atom. The lowest BCUT2D eigenvalue weighted by molar-refractivity contribution is 0.585. The van der Waals surface area contributed by atoms with Gasteiger partial charge in [0.15, 0.2) is 0 Å². The summed E-state index contributed by atoms with van der Waals surface area (Å²) < 4.78 is 29.6. The van der Waals surface area contributed by atoms with Crippen LogP contribution in [0.4, 0.5) is 8.78 Å². The molecule has 0 saturated carbocycles. The highest BCUT2D eigenvalue weighted by atomic mass is 19.1. The molecule has 1 aliphatic rings. The van der Waals surface area contributed by atoms with E-state index in [2.05, 4.69) is 9.98 Å². The van der Waals surface area contributed by atoms with Crippen LogP contribution in [-0.2, 0) is 0 Å². The Balaban J connectivity index is 1.79. The Morgan fingerprint density at radius 1 is 1.20 bits per heavy atom. The quantitative estimate of drug-likeness (QED) is 0.344. The van der Waals surface area contributed by atoms with Crippen LogP contribution in [-0.4, -0.2) is 26.8 Å². The van der Waals surface area contributed by atoms with E-state index in [-0.39, 0.29) is 28.7 Å². The highest BCUT2D eigenvalue weighted by molar-refractivity contribution is 6.13. The minimum absolute atomic E-state index is 0.00416. The third-order valence-corrected chi connectivity index (χ3v) is 4.77. The molecule has 151 valence electrons. The summed E-state index contributed by atoms with van der Waals surface area (Å²) in [5.41, 5.74) is 8.99. The lowest BCUT2D eigenvalue weighted by Crippen LogP contribution is -2.20. The molecule has 3 aromatic rings. The zero-order valence-electron chi connectivity index (χ0n) is 16.4. The summed E-state index contributed by atoms with van der Waals surface area (Å²) >= 11 is 0. The number of hydrogen-bond donors (Lipinski definition) is 3. The van der Waals surface area contributed by atoms with Gasteiger partial charge in [-0.1, -0.05) is 13.8 Å². The molecule has 8 heteroatoms. The molecule has 1 aliphatic carbocycles. The first-order chi connectivity index (χ1) is 14.3. The molecule has 0 aliphatic heterocycles. The zero-order valence-corrected chi connectivity index (χ0v) is 16.4. The maximum atomic E-state index is 14.5. The van der Waals surface area contributed by atoms with E-state index < -0.39 is 11.6 Å². The number of fused-ring (bicyclic) bond motifs is 3. The zero-order chi connectivity index (χ0) is 21.6. The number of imidazole rings is 1. The van der Waals surface area contributed by atoms with E-state index in [0.717, 1.165) is 23.3 Å². The Labute approximate surface area is 171 Å². The highest BCUT2D eigenvalue weighted by Gasteiger charge is 2.27. The average Bonchev–Trinajstić information content (AvgIpc) is 3.38. The Morgan fingerprint density at radius 3 is 2.67 bits per heavy atom. The molecular formula is C22H19F2N6. The molecular weight excluding hydrogens is 386 g/mol. The van der Waals surface area contributed by atoms with Gasteiger partial charge in [-0.05, 0) is 35.9 Å². The smallest absolute Gasteiger partial charge is 0.146 e. The molecule has 30 heavy (non-hydrogen) atoms. The third-order valence-electron chi connectivity index (χ3n) is 4.77. The fraction of sp³-hybridized carbons (Fsp3) is 0.136. The van der Waals surface area contributed by atoms with Crippen molar-refractivity contribution in [3.05, 3.63) is 77.5 Å². The molecule has 4 N–H and O–H groups in total. The van der Waals surface area contributed by atoms with E-state index in [9.17, 15) is 8.78 Å². The summed E-state index contributed by atoms with van der Waals surface area (Å²) in [6.07, 6.45) is 6.44. The average molecular weight is 405 g/mol. The number of aliphatic imine (C=N–C) groups is 1. The molecule has 0 fully saturated rings. The Hall–Kier alpha value is -3.68. The van der Waals surface area contributed by atoms with Crippen LogP contribution in [0, 0.1) is 34.8 Å². The van der Waals surface area contributed by atoms with Crippen LogP contribution in [0.2, 0.25) is 0 Å². The summed E-state index contributed by atoms with van der Waals surface area (Å²) in [6.45, 7) is 3.73. The van der Waals surface area contributed by atoms with Gasteiger partial charge >= 0.3 is 0 Å². The molecule has 0 spiro atoms. The van der Waals surface area contributed by atoms with E-state index >= 15 is 0 Å². The first-order valence-corrected chi connectivity index (χ1v) is 9.31. The largest absolute Gasteiger partial charge is 0.387 e. The predicted molar refractivity (Wildman–Crippen MR) is 113 cm³/mol. The fourth-order valence-corrected chi connectivity index (χ4v) is 3.05. The molecule has 0 unspecified atom stereocenters. The van der Waals surface area contributed by atoms with Crippen LogP contribution in [0.1, 0.15) is 30.7 Å². The van der Waals surface area contributed by atoms with Gasteiger partial charge in [0.2, 0.25) is 0 Å². The maximum Gasteiger partial charge on any atom is 0.146 e. The highest BCUT2D eigenvalue weighted by Crippen LogP contribution is 2.37. The number of amidine groups is 2. The van der Waals surface area contributed by atoms with Crippen LogP contribution in [0.15, 0.2) is 47.6 Å². The lowest BCUT2D eigenvalue weighted by atomic mass is 10.1. The standard InChI is InChI=1S/C22H19F2N6/c1-11(2)21(27)28-18(26)6-5-17(25)20-19(14-4-3-13(23)10-16(14)24)29-22-15-9-12(15)7-8-30(20)22/h3-11,25H,1-2H3,(H3,26,27,28)/b6-5-,25-17?. The second-order valence-corrected chi connectivity index (χ2v) is 7.28. The number of rotatable bonds is 5. The van der Waals surface area contributed by atoms with E-state index in [1.54, 1.807) is 10.6 Å². The molecule has 1 radical (unpaired) electrons. The van der Waals surface area contributed by atoms with Gasteiger partial charge in [-0.3, -0.25) is 15.2 Å². The number of nitrogens with zero attached hydrogens (tertiary/aromatic N) is 3. The minimum atomic E-state index is -0.761. The Bertz CT molecular complexity index is 1270. The van der Waals surface area contributed by atoms with Gasteiger partial charge in [0.05, 0.1) is 11.4 Å². The number of halogens is 2. The molecule has 2 aromatic heterocycles. The molecule has 0 saturated heterocycles. The van der Waals surface area contributed by atoms with Crippen molar-refractivity contribution in [1.82, 2.24) is 9.38 Å². The monoisotopic (exact) mass is 405 g/mol. The Kier molecular flexibility index (Phi) is 4.77. The van der Waals surface area contributed by atoms with E-state index in [1.165, 1.54) is 18.2 Å². The first-order valence-electron chi connectivity index (χ1n) is 9.31.